The molecule has 2 aliphatic rings. The number of aliphatic hydroxyl groups is 1. The lowest BCUT2D eigenvalue weighted by molar-refractivity contribution is -0.146. The summed E-state index contributed by atoms with van der Waals surface area (Å²) in [7, 11) is -1.25. The Kier molecular flexibility index (Phi) is 6.81. The van der Waals surface area contributed by atoms with Crippen molar-refractivity contribution in [1.29, 1.82) is 0 Å². The first-order valence-corrected chi connectivity index (χ1v) is 15.9. The molecule has 200 valence electrons. The molecule has 0 saturated carbocycles. The predicted molar refractivity (Wildman–Crippen MR) is 147 cm³/mol. The number of carbonyl (C=O) groups is 1. The fraction of sp³-hybridized carbons (Fsp3) is 0.379. The minimum Gasteiger partial charge on any atom is -0.491 e. The molecule has 0 unspecified atom stereocenters. The van der Waals surface area contributed by atoms with Gasteiger partial charge in [0.05, 0.1) is 25.4 Å². The fourth-order valence-electron chi connectivity index (χ4n) is 6.36. The van der Waals surface area contributed by atoms with Gasteiger partial charge in [0, 0.05) is 35.5 Å². The van der Waals surface area contributed by atoms with Gasteiger partial charge in [-0.3, -0.25) is 14.2 Å². The first kappa shape index (κ1) is 26.4. The zero-order valence-electron chi connectivity index (χ0n) is 22.1. The number of pyridine rings is 1. The van der Waals surface area contributed by atoms with Crippen molar-refractivity contribution in [2.45, 2.75) is 50.2 Å². The standard InChI is InChI=1S/C29H34N2O6Si/c1-19-26(38(3,4)35)24(15-17-32)37-29(19)22-8-5-6-9-23(22)31(28(29)34)18-20-11-13-21(14-12-20)30-16-7-10-25(36-2)27(30)33/h5-14,16,19,24,26,32,35H,15,17-18H2,1-4H3/t19-,24+,26-,29+/m0/s1. The van der Waals surface area contributed by atoms with Crippen molar-refractivity contribution in [2.24, 2.45) is 5.92 Å². The van der Waals surface area contributed by atoms with Crippen LogP contribution in [0, 0.1) is 5.92 Å². The van der Waals surface area contributed by atoms with E-state index in [9.17, 15) is 19.5 Å². The van der Waals surface area contributed by atoms with Crippen molar-refractivity contribution in [3.63, 3.8) is 0 Å². The second-order valence-corrected chi connectivity index (χ2v) is 14.7. The number of aliphatic hydroxyl groups excluding tert-OH is 1. The van der Waals surface area contributed by atoms with E-state index in [-0.39, 0.29) is 35.3 Å². The van der Waals surface area contributed by atoms with E-state index in [1.807, 2.05) is 68.5 Å². The molecule has 2 N–H and O–H groups in total. The number of nitrogens with zero attached hydrogens (tertiary/aromatic N) is 2. The molecule has 1 fully saturated rings. The molecule has 9 heteroatoms. The highest BCUT2D eigenvalue weighted by Crippen LogP contribution is 2.59. The number of fused-ring (bicyclic) bond motifs is 2. The molecule has 1 saturated heterocycles. The summed E-state index contributed by atoms with van der Waals surface area (Å²) in [5, 5.41) is 9.72. The van der Waals surface area contributed by atoms with Crippen molar-refractivity contribution in [1.82, 2.24) is 4.57 Å². The molecular formula is C29H34N2O6Si. The molecule has 1 aromatic heterocycles. The SMILES string of the molecule is COc1cccn(-c2ccc(CN3C(=O)[C@]4(O[C@H](CCO)[C@@H]([Si](C)(C)O)[C@@H]4C)c4ccccc43)cc2)c1=O. The maximum Gasteiger partial charge on any atom is 0.297 e. The van der Waals surface area contributed by atoms with E-state index in [2.05, 4.69) is 0 Å². The van der Waals surface area contributed by atoms with Gasteiger partial charge in [-0.15, -0.1) is 0 Å². The van der Waals surface area contributed by atoms with Crippen LogP contribution in [0.2, 0.25) is 18.6 Å². The Bertz CT molecular complexity index is 1400. The van der Waals surface area contributed by atoms with E-state index < -0.39 is 20.0 Å². The average Bonchev–Trinajstić information content (AvgIpc) is 3.32. The zero-order chi connectivity index (χ0) is 27.2. The third kappa shape index (κ3) is 4.10. The van der Waals surface area contributed by atoms with Crippen LogP contribution in [-0.4, -0.2) is 48.5 Å². The van der Waals surface area contributed by atoms with Gasteiger partial charge in [-0.05, 0) is 55.4 Å². The van der Waals surface area contributed by atoms with Crippen LogP contribution in [0.25, 0.3) is 5.69 Å². The Balaban J connectivity index is 1.49. The van der Waals surface area contributed by atoms with Crippen molar-refractivity contribution >= 4 is 19.9 Å². The van der Waals surface area contributed by atoms with E-state index in [4.69, 9.17) is 9.47 Å². The van der Waals surface area contributed by atoms with Crippen LogP contribution in [0.4, 0.5) is 5.69 Å². The summed E-state index contributed by atoms with van der Waals surface area (Å²) in [6.45, 7) is 6.00. The molecule has 1 spiro atoms. The molecule has 5 rings (SSSR count). The smallest absolute Gasteiger partial charge is 0.297 e. The molecule has 0 radical (unpaired) electrons. The van der Waals surface area contributed by atoms with E-state index >= 15 is 0 Å². The summed E-state index contributed by atoms with van der Waals surface area (Å²) in [5.74, 6) is -0.145. The number of hydrogen-bond donors (Lipinski definition) is 2. The lowest BCUT2D eigenvalue weighted by Gasteiger charge is -2.32. The van der Waals surface area contributed by atoms with Gasteiger partial charge in [-0.25, -0.2) is 0 Å². The molecule has 2 aromatic carbocycles. The van der Waals surface area contributed by atoms with Crippen LogP contribution < -0.4 is 15.2 Å². The lowest BCUT2D eigenvalue weighted by Crippen LogP contribution is -2.46. The quantitative estimate of drug-likeness (QED) is 0.450. The number of hydrogen-bond acceptors (Lipinski definition) is 6. The van der Waals surface area contributed by atoms with Crippen molar-refractivity contribution in [2.75, 3.05) is 18.6 Å². The van der Waals surface area contributed by atoms with E-state index in [1.165, 1.54) is 11.7 Å². The van der Waals surface area contributed by atoms with Crippen molar-refractivity contribution in [3.05, 3.63) is 88.3 Å². The van der Waals surface area contributed by atoms with Crippen LogP contribution in [-0.2, 0) is 21.7 Å². The summed E-state index contributed by atoms with van der Waals surface area (Å²) < 4.78 is 13.3. The number of para-hydroxylation sites is 1. The first-order valence-electron chi connectivity index (χ1n) is 12.9. The number of benzene rings is 2. The summed E-state index contributed by atoms with van der Waals surface area (Å²) in [6.07, 6.45) is 1.65. The van der Waals surface area contributed by atoms with Gasteiger partial charge >= 0.3 is 0 Å². The van der Waals surface area contributed by atoms with E-state index in [0.717, 1.165) is 16.8 Å². The molecule has 1 amide bonds. The highest BCUT2D eigenvalue weighted by atomic mass is 28.4. The van der Waals surface area contributed by atoms with Gasteiger partial charge in [0.1, 0.15) is 0 Å². The number of amides is 1. The van der Waals surface area contributed by atoms with E-state index in [0.29, 0.717) is 18.7 Å². The monoisotopic (exact) mass is 534 g/mol. The molecule has 8 nitrogen and oxygen atoms in total. The average molecular weight is 535 g/mol. The summed E-state index contributed by atoms with van der Waals surface area (Å²) in [6, 6.07) is 18.6. The number of aromatic nitrogens is 1. The van der Waals surface area contributed by atoms with E-state index in [1.54, 1.807) is 23.2 Å². The minimum atomic E-state index is -2.72. The summed E-state index contributed by atoms with van der Waals surface area (Å²) in [5.41, 5.74) is 1.53. The van der Waals surface area contributed by atoms with Gasteiger partial charge in [-0.1, -0.05) is 37.3 Å². The highest BCUT2D eigenvalue weighted by molar-refractivity contribution is 6.71. The number of carbonyl (C=O) groups excluding carboxylic acids is 1. The molecule has 3 aromatic rings. The summed E-state index contributed by atoms with van der Waals surface area (Å²) >= 11 is 0. The van der Waals surface area contributed by atoms with Gasteiger partial charge in [0.25, 0.3) is 11.5 Å². The van der Waals surface area contributed by atoms with Crippen LogP contribution in [0.5, 0.6) is 5.75 Å². The Morgan fingerprint density at radius 3 is 2.42 bits per heavy atom. The minimum absolute atomic E-state index is 0.0727. The Morgan fingerprint density at radius 2 is 1.76 bits per heavy atom. The fourth-order valence-corrected chi connectivity index (χ4v) is 8.97. The van der Waals surface area contributed by atoms with Gasteiger partial charge < -0.3 is 24.3 Å². The summed E-state index contributed by atoms with van der Waals surface area (Å²) in [4.78, 5) is 39.8. The van der Waals surface area contributed by atoms with Crippen LogP contribution in [0.1, 0.15) is 24.5 Å². The Labute approximate surface area is 223 Å². The molecule has 0 bridgehead atoms. The molecule has 3 heterocycles. The van der Waals surface area contributed by atoms with Crippen LogP contribution in [0.15, 0.2) is 71.7 Å². The Hall–Kier alpha value is -3.24. The third-order valence-corrected chi connectivity index (χ3v) is 10.5. The molecular weight excluding hydrogens is 500 g/mol. The second-order valence-electron chi connectivity index (χ2n) is 10.7. The van der Waals surface area contributed by atoms with Crippen molar-refractivity contribution < 1.29 is 24.2 Å². The van der Waals surface area contributed by atoms with Gasteiger partial charge in [0.15, 0.2) is 19.7 Å². The number of methoxy groups -OCH3 is 1. The topological polar surface area (TPSA) is 101 Å². The van der Waals surface area contributed by atoms with Gasteiger partial charge in [0.2, 0.25) is 0 Å². The number of rotatable bonds is 7. The van der Waals surface area contributed by atoms with Crippen LogP contribution in [0.3, 0.4) is 0 Å². The first-order chi connectivity index (χ1) is 18.1. The predicted octanol–water partition coefficient (Wildman–Crippen LogP) is 3.57. The number of ether oxygens (including phenoxy) is 2. The van der Waals surface area contributed by atoms with Crippen molar-refractivity contribution in [3.8, 4) is 11.4 Å². The normalized spacial score (nSPS) is 24.7. The second kappa shape index (κ2) is 9.81. The van der Waals surface area contributed by atoms with Gasteiger partial charge in [-0.2, -0.15) is 0 Å². The maximum atomic E-state index is 14.2. The molecule has 0 aliphatic carbocycles. The maximum absolute atomic E-state index is 14.2. The number of anilines is 1. The zero-order valence-corrected chi connectivity index (χ0v) is 23.1. The third-order valence-electron chi connectivity index (χ3n) is 7.99. The largest absolute Gasteiger partial charge is 0.491 e. The van der Waals surface area contributed by atoms with Crippen LogP contribution >= 0.6 is 0 Å². The Morgan fingerprint density at radius 1 is 1.05 bits per heavy atom. The lowest BCUT2D eigenvalue weighted by atomic mass is 9.82. The highest BCUT2D eigenvalue weighted by Gasteiger charge is 2.65. The molecule has 4 atom stereocenters. The molecule has 38 heavy (non-hydrogen) atoms. The molecule has 2 aliphatic heterocycles.